The fourth-order valence-electron chi connectivity index (χ4n) is 2.01. The lowest BCUT2D eigenvalue weighted by Gasteiger charge is -2.07. The zero-order valence-electron chi connectivity index (χ0n) is 13.0. The number of nitrogens with one attached hydrogen (secondary N) is 2. The third-order valence-corrected chi connectivity index (χ3v) is 3.85. The minimum absolute atomic E-state index is 0.251. The molecule has 1 heterocycles. The number of hydrogen-bond acceptors (Lipinski definition) is 4. The van der Waals surface area contributed by atoms with Crippen LogP contribution in [0.4, 0.5) is 17.3 Å². The number of amides is 1. The van der Waals surface area contributed by atoms with Crippen LogP contribution in [-0.4, -0.2) is 15.9 Å². The van der Waals surface area contributed by atoms with E-state index in [9.17, 15) is 4.79 Å². The Morgan fingerprint density at radius 1 is 0.917 bits per heavy atom. The van der Waals surface area contributed by atoms with Crippen molar-refractivity contribution in [2.24, 2.45) is 0 Å². The minimum Gasteiger partial charge on any atom is -0.324 e. The van der Waals surface area contributed by atoms with Crippen LogP contribution in [0.1, 0.15) is 15.9 Å². The summed E-state index contributed by atoms with van der Waals surface area (Å²) in [6, 6.07) is 15.3. The molecule has 5 nitrogen and oxygen atoms in total. The van der Waals surface area contributed by atoms with Gasteiger partial charge in [-0.2, -0.15) is 0 Å². The zero-order chi connectivity index (χ0) is 16.9. The van der Waals surface area contributed by atoms with Crippen molar-refractivity contribution >= 4 is 39.2 Å². The smallest absolute Gasteiger partial charge is 0.258 e. The molecule has 120 valence electrons. The molecule has 24 heavy (non-hydrogen) atoms. The summed E-state index contributed by atoms with van der Waals surface area (Å²) in [6.07, 6.45) is 3.00. The fourth-order valence-corrected chi connectivity index (χ4v) is 2.28. The maximum absolute atomic E-state index is 12.2. The van der Waals surface area contributed by atoms with Crippen molar-refractivity contribution in [1.82, 2.24) is 9.97 Å². The third kappa shape index (κ3) is 4.17. The van der Waals surface area contributed by atoms with Crippen LogP contribution in [0, 0.1) is 6.92 Å². The molecule has 0 radical (unpaired) electrons. The van der Waals surface area contributed by atoms with Gasteiger partial charge >= 0.3 is 0 Å². The van der Waals surface area contributed by atoms with E-state index in [1.54, 1.807) is 0 Å². The Hall–Kier alpha value is -2.73. The number of benzene rings is 2. The van der Waals surface area contributed by atoms with Crippen molar-refractivity contribution in [2.45, 2.75) is 6.92 Å². The number of anilines is 3. The molecule has 0 saturated carbocycles. The zero-order valence-corrected chi connectivity index (χ0v) is 14.5. The SMILES string of the molecule is Cc1ccc(Nc2ncc(C(=O)Nc3ccc(Br)cc3)cn2)cc1. The molecule has 0 aliphatic rings. The average molecular weight is 383 g/mol. The highest BCUT2D eigenvalue weighted by Crippen LogP contribution is 2.16. The van der Waals surface area contributed by atoms with E-state index in [0.717, 1.165) is 10.2 Å². The molecule has 1 amide bonds. The molecule has 0 unspecified atom stereocenters. The molecule has 0 saturated heterocycles. The quantitative estimate of drug-likeness (QED) is 0.694. The lowest BCUT2D eigenvalue weighted by atomic mass is 10.2. The van der Waals surface area contributed by atoms with Gasteiger partial charge in [-0.25, -0.2) is 9.97 Å². The van der Waals surface area contributed by atoms with Gasteiger partial charge in [0.05, 0.1) is 5.56 Å². The van der Waals surface area contributed by atoms with E-state index in [2.05, 4.69) is 36.5 Å². The molecule has 2 aromatic carbocycles. The first-order valence-corrected chi connectivity index (χ1v) is 8.12. The van der Waals surface area contributed by atoms with E-state index in [-0.39, 0.29) is 5.91 Å². The molecular formula is C18H15BrN4O. The van der Waals surface area contributed by atoms with Crippen LogP contribution in [0.15, 0.2) is 65.4 Å². The molecule has 6 heteroatoms. The third-order valence-electron chi connectivity index (χ3n) is 3.32. The lowest BCUT2D eigenvalue weighted by Crippen LogP contribution is -2.13. The molecule has 0 spiro atoms. The summed E-state index contributed by atoms with van der Waals surface area (Å²) < 4.78 is 0.954. The first-order chi connectivity index (χ1) is 11.6. The highest BCUT2D eigenvalue weighted by molar-refractivity contribution is 9.10. The molecule has 0 bridgehead atoms. The van der Waals surface area contributed by atoms with Gasteiger partial charge in [-0.15, -0.1) is 0 Å². The second kappa shape index (κ2) is 7.23. The summed E-state index contributed by atoms with van der Waals surface area (Å²) in [7, 11) is 0. The fraction of sp³-hybridized carbons (Fsp3) is 0.0556. The van der Waals surface area contributed by atoms with E-state index in [1.807, 2.05) is 55.5 Å². The summed E-state index contributed by atoms with van der Waals surface area (Å²) >= 11 is 3.36. The van der Waals surface area contributed by atoms with Crippen LogP contribution in [0.2, 0.25) is 0 Å². The van der Waals surface area contributed by atoms with Crippen LogP contribution in [0.25, 0.3) is 0 Å². The predicted molar refractivity (Wildman–Crippen MR) is 98.6 cm³/mol. The van der Waals surface area contributed by atoms with Gasteiger partial charge < -0.3 is 10.6 Å². The lowest BCUT2D eigenvalue weighted by molar-refractivity contribution is 0.102. The minimum atomic E-state index is -0.251. The summed E-state index contributed by atoms with van der Waals surface area (Å²) in [4.78, 5) is 20.5. The van der Waals surface area contributed by atoms with Gasteiger partial charge in [0.1, 0.15) is 0 Å². The molecule has 2 N–H and O–H groups in total. The Bertz CT molecular complexity index is 830. The number of aryl methyl sites for hydroxylation is 1. The van der Waals surface area contributed by atoms with Gasteiger partial charge in [-0.3, -0.25) is 4.79 Å². The number of aromatic nitrogens is 2. The van der Waals surface area contributed by atoms with Crippen LogP contribution < -0.4 is 10.6 Å². The highest BCUT2D eigenvalue weighted by atomic mass is 79.9. The number of rotatable bonds is 4. The van der Waals surface area contributed by atoms with Crippen molar-refractivity contribution in [3.05, 3.63) is 76.5 Å². The molecule has 3 rings (SSSR count). The predicted octanol–water partition coefficient (Wildman–Crippen LogP) is 4.54. The van der Waals surface area contributed by atoms with E-state index in [0.29, 0.717) is 17.2 Å². The summed E-state index contributed by atoms with van der Waals surface area (Å²) in [5.41, 5.74) is 3.19. The van der Waals surface area contributed by atoms with E-state index in [4.69, 9.17) is 0 Å². The molecular weight excluding hydrogens is 368 g/mol. The number of hydrogen-bond donors (Lipinski definition) is 2. The Morgan fingerprint density at radius 3 is 2.12 bits per heavy atom. The van der Waals surface area contributed by atoms with Crippen molar-refractivity contribution < 1.29 is 4.79 Å². The van der Waals surface area contributed by atoms with Gasteiger partial charge in [0.2, 0.25) is 5.95 Å². The number of halogens is 1. The maximum atomic E-state index is 12.2. The van der Waals surface area contributed by atoms with Crippen LogP contribution in [-0.2, 0) is 0 Å². The summed E-state index contributed by atoms with van der Waals surface area (Å²) in [6.45, 7) is 2.03. The highest BCUT2D eigenvalue weighted by Gasteiger charge is 2.08. The molecule has 0 atom stereocenters. The Kier molecular flexibility index (Phi) is 4.86. The van der Waals surface area contributed by atoms with Crippen molar-refractivity contribution in [1.29, 1.82) is 0 Å². The number of carbonyl (C=O) groups is 1. The monoisotopic (exact) mass is 382 g/mol. The van der Waals surface area contributed by atoms with Crippen LogP contribution >= 0.6 is 15.9 Å². The molecule has 3 aromatic rings. The van der Waals surface area contributed by atoms with Gasteiger partial charge in [-0.05, 0) is 43.3 Å². The molecule has 1 aromatic heterocycles. The van der Waals surface area contributed by atoms with Gasteiger partial charge in [-0.1, -0.05) is 33.6 Å². The van der Waals surface area contributed by atoms with Gasteiger partial charge in [0.25, 0.3) is 5.91 Å². The molecule has 0 fully saturated rings. The largest absolute Gasteiger partial charge is 0.324 e. The van der Waals surface area contributed by atoms with Crippen molar-refractivity contribution in [3.63, 3.8) is 0 Å². The number of carbonyl (C=O) groups excluding carboxylic acids is 1. The van der Waals surface area contributed by atoms with Gasteiger partial charge in [0.15, 0.2) is 0 Å². The van der Waals surface area contributed by atoms with E-state index in [1.165, 1.54) is 18.0 Å². The average Bonchev–Trinajstić information content (AvgIpc) is 2.59. The maximum Gasteiger partial charge on any atom is 0.258 e. The first kappa shape index (κ1) is 16.1. The van der Waals surface area contributed by atoms with Crippen molar-refractivity contribution in [2.75, 3.05) is 10.6 Å². The van der Waals surface area contributed by atoms with E-state index < -0.39 is 0 Å². The Morgan fingerprint density at radius 2 is 1.50 bits per heavy atom. The Labute approximate surface area is 148 Å². The summed E-state index contributed by atoms with van der Waals surface area (Å²) in [5.74, 6) is 0.193. The number of nitrogens with zero attached hydrogens (tertiary/aromatic N) is 2. The van der Waals surface area contributed by atoms with E-state index >= 15 is 0 Å². The standard InChI is InChI=1S/C18H15BrN4O/c1-12-2-6-16(7-3-12)23-18-20-10-13(11-21-18)17(24)22-15-8-4-14(19)5-9-15/h2-11H,1H3,(H,22,24)(H,20,21,23). The van der Waals surface area contributed by atoms with Crippen molar-refractivity contribution in [3.8, 4) is 0 Å². The van der Waals surface area contributed by atoms with Crippen LogP contribution in [0.3, 0.4) is 0 Å². The Balaban J connectivity index is 1.66. The molecule has 0 aliphatic heterocycles. The topological polar surface area (TPSA) is 66.9 Å². The van der Waals surface area contributed by atoms with Gasteiger partial charge in [0, 0.05) is 28.2 Å². The second-order valence-corrected chi connectivity index (χ2v) is 6.16. The normalized spacial score (nSPS) is 10.2. The van der Waals surface area contributed by atoms with Crippen LogP contribution in [0.5, 0.6) is 0 Å². The first-order valence-electron chi connectivity index (χ1n) is 7.33. The summed E-state index contributed by atoms with van der Waals surface area (Å²) in [5, 5.41) is 5.89. The molecule has 0 aliphatic carbocycles. The second-order valence-electron chi connectivity index (χ2n) is 5.25.